The molecule has 0 spiro atoms. The molecule has 12 heteroatoms. The second-order valence-electron chi connectivity index (χ2n) is 8.75. The van der Waals surface area contributed by atoms with Crippen molar-refractivity contribution in [3.05, 3.63) is 106 Å². The van der Waals surface area contributed by atoms with E-state index in [1.54, 1.807) is 86.8 Å². The van der Waals surface area contributed by atoms with E-state index in [9.17, 15) is 18.9 Å². The van der Waals surface area contributed by atoms with Gasteiger partial charge in [0.05, 0.1) is 12.6 Å². The third-order valence-electron chi connectivity index (χ3n) is 5.91. The number of ether oxygens (including phenoxy) is 1. The summed E-state index contributed by atoms with van der Waals surface area (Å²) in [5.41, 5.74) is 1.61. The topological polar surface area (TPSA) is 143 Å². The van der Waals surface area contributed by atoms with Crippen LogP contribution in [-0.4, -0.2) is 47.3 Å². The Balaban J connectivity index is 1.57. The van der Waals surface area contributed by atoms with Crippen LogP contribution in [0, 0.1) is 0 Å². The van der Waals surface area contributed by atoms with Crippen LogP contribution in [0.15, 0.2) is 83.9 Å². The summed E-state index contributed by atoms with van der Waals surface area (Å²) in [6, 6.07) is 17.4. The van der Waals surface area contributed by atoms with E-state index in [0.29, 0.717) is 27.6 Å². The number of hydrogen-bond acceptors (Lipinski definition) is 7. The van der Waals surface area contributed by atoms with Gasteiger partial charge in [0.25, 0.3) is 11.5 Å². The number of esters is 1. The predicted octanol–water partition coefficient (Wildman–Crippen LogP) is 2.05. The molecule has 0 saturated carbocycles. The summed E-state index contributed by atoms with van der Waals surface area (Å²) in [5, 5.41) is 6.10. The number of pyridine rings is 1. The van der Waals surface area contributed by atoms with Crippen LogP contribution in [0.1, 0.15) is 41.4 Å². The fourth-order valence-electron chi connectivity index (χ4n) is 3.82. The van der Waals surface area contributed by atoms with Gasteiger partial charge in [-0.2, -0.15) is 0 Å². The van der Waals surface area contributed by atoms with Crippen LogP contribution in [-0.2, 0) is 14.1 Å². The number of carbonyl (C=O) groups excluding carboxylic acids is 2. The van der Waals surface area contributed by atoms with Crippen LogP contribution in [0.3, 0.4) is 0 Å². The van der Waals surface area contributed by atoms with Crippen molar-refractivity contribution in [2.24, 2.45) is 0 Å². The monoisotopic (exact) mass is 554 g/mol. The Labute approximate surface area is 232 Å². The SMILES string of the molecule is [B]c1ccc(C(NC(=O)c2cnc(-c3ccccn3)[nH]c2=O)c2ccc([P+](=O)N[C@@H](C)C(=O)OCC)cc2)cc1. The number of benzene rings is 2. The summed E-state index contributed by atoms with van der Waals surface area (Å²) in [4.78, 5) is 48.9. The third kappa shape index (κ3) is 6.94. The fraction of sp³-hybridized carbons (Fsp3) is 0.179. The predicted molar refractivity (Wildman–Crippen MR) is 152 cm³/mol. The molecule has 0 aliphatic rings. The van der Waals surface area contributed by atoms with Gasteiger partial charge in [-0.1, -0.05) is 53.0 Å². The lowest BCUT2D eigenvalue weighted by atomic mass is 9.91. The van der Waals surface area contributed by atoms with E-state index in [4.69, 9.17) is 12.6 Å². The van der Waals surface area contributed by atoms with Crippen molar-refractivity contribution in [1.82, 2.24) is 25.4 Å². The van der Waals surface area contributed by atoms with Gasteiger partial charge in [-0.15, -0.1) is 0 Å². The molecule has 2 unspecified atom stereocenters. The molecule has 2 aromatic carbocycles. The molecule has 200 valence electrons. The van der Waals surface area contributed by atoms with Gasteiger partial charge in [0.1, 0.15) is 25.1 Å². The van der Waals surface area contributed by atoms with Crippen molar-refractivity contribution in [2.75, 3.05) is 6.61 Å². The minimum Gasteiger partial charge on any atom is -0.465 e. The van der Waals surface area contributed by atoms with E-state index in [1.165, 1.54) is 6.20 Å². The Hall–Kier alpha value is -4.47. The molecule has 0 aliphatic carbocycles. The molecule has 3 N–H and O–H groups in total. The number of amides is 1. The quantitative estimate of drug-likeness (QED) is 0.154. The minimum absolute atomic E-state index is 0.169. The number of carbonyl (C=O) groups is 2. The van der Waals surface area contributed by atoms with E-state index in [2.05, 4.69) is 25.4 Å². The number of hydrogen-bond donors (Lipinski definition) is 3. The molecule has 4 rings (SSSR count). The highest BCUT2D eigenvalue weighted by Gasteiger charge is 2.28. The molecular formula is C28H26BN5O5P+. The van der Waals surface area contributed by atoms with Crippen LogP contribution in [0.2, 0.25) is 0 Å². The smallest absolute Gasteiger partial charge is 0.465 e. The highest BCUT2D eigenvalue weighted by Crippen LogP contribution is 2.24. The zero-order valence-electron chi connectivity index (χ0n) is 21.8. The Kier molecular flexibility index (Phi) is 9.32. The van der Waals surface area contributed by atoms with Crippen molar-refractivity contribution in [2.45, 2.75) is 25.9 Å². The Morgan fingerprint density at radius 1 is 1.02 bits per heavy atom. The largest absolute Gasteiger partial charge is 0.472 e. The van der Waals surface area contributed by atoms with Crippen LogP contribution >= 0.6 is 7.95 Å². The lowest BCUT2D eigenvalue weighted by Gasteiger charge is -2.20. The maximum Gasteiger partial charge on any atom is 0.472 e. The zero-order valence-corrected chi connectivity index (χ0v) is 22.7. The standard InChI is InChI=1S/C28H25BN5O5P/c1-3-39-28(37)17(2)34-40(38)21-13-9-19(10-14-21)24(18-7-11-20(29)12-8-18)32-26(35)22-16-31-25(33-27(22)36)23-6-4-5-15-30-23/h4-17,24H,3H2,1-2H3,(H2-,31,32,33,34,35,36,38)/p+1/t17-,24?/m0/s1. The Bertz CT molecular complexity index is 1560. The average molecular weight is 554 g/mol. The molecule has 2 radical (unpaired) electrons. The van der Waals surface area contributed by atoms with Gasteiger partial charge < -0.3 is 15.0 Å². The van der Waals surface area contributed by atoms with Crippen LogP contribution in [0.4, 0.5) is 0 Å². The third-order valence-corrected chi connectivity index (χ3v) is 7.30. The molecule has 0 fully saturated rings. The molecule has 0 bridgehead atoms. The van der Waals surface area contributed by atoms with E-state index < -0.39 is 37.5 Å². The number of H-pyrrole nitrogens is 1. The van der Waals surface area contributed by atoms with E-state index >= 15 is 0 Å². The maximum absolute atomic E-state index is 13.2. The average Bonchev–Trinajstić information content (AvgIpc) is 2.97. The van der Waals surface area contributed by atoms with Crippen LogP contribution < -0.4 is 26.7 Å². The summed E-state index contributed by atoms with van der Waals surface area (Å²) < 4.78 is 17.7. The van der Waals surface area contributed by atoms with Crippen LogP contribution in [0.25, 0.3) is 11.5 Å². The van der Waals surface area contributed by atoms with Gasteiger partial charge in [0.2, 0.25) is 5.30 Å². The number of aromatic amines is 1. The molecule has 2 aromatic heterocycles. The van der Waals surface area contributed by atoms with Gasteiger partial charge >= 0.3 is 13.9 Å². The normalized spacial score (nSPS) is 12.7. The summed E-state index contributed by atoms with van der Waals surface area (Å²) in [6.07, 6.45) is 2.79. The van der Waals surface area contributed by atoms with Crippen LogP contribution in [0.5, 0.6) is 0 Å². The van der Waals surface area contributed by atoms with Crippen molar-refractivity contribution < 1.29 is 18.9 Å². The maximum atomic E-state index is 13.2. The zero-order chi connectivity index (χ0) is 28.6. The van der Waals surface area contributed by atoms with E-state index in [0.717, 1.165) is 0 Å². The molecule has 10 nitrogen and oxygen atoms in total. The summed E-state index contributed by atoms with van der Waals surface area (Å²) in [5.74, 6) is -0.887. The number of aromatic nitrogens is 3. The van der Waals surface area contributed by atoms with Gasteiger partial charge in [-0.3, -0.25) is 19.4 Å². The number of nitrogens with one attached hydrogen (secondary N) is 3. The first-order valence-corrected chi connectivity index (χ1v) is 13.7. The molecule has 2 heterocycles. The fourth-order valence-corrected chi connectivity index (χ4v) is 4.84. The van der Waals surface area contributed by atoms with Gasteiger partial charge in [-0.25, -0.2) is 4.98 Å². The lowest BCUT2D eigenvalue weighted by Crippen LogP contribution is -2.34. The molecule has 1 amide bonds. The van der Waals surface area contributed by atoms with Crippen molar-refractivity contribution in [3.8, 4) is 11.5 Å². The first-order valence-electron chi connectivity index (χ1n) is 12.4. The minimum atomic E-state index is -2.09. The summed E-state index contributed by atoms with van der Waals surface area (Å²) in [6.45, 7) is 3.50. The van der Waals surface area contributed by atoms with Crippen molar-refractivity contribution in [3.63, 3.8) is 0 Å². The first kappa shape index (κ1) is 28.5. The van der Waals surface area contributed by atoms with Gasteiger partial charge in [0.15, 0.2) is 5.82 Å². The lowest BCUT2D eigenvalue weighted by molar-refractivity contribution is -0.144. The first-order chi connectivity index (χ1) is 19.3. The van der Waals surface area contributed by atoms with Gasteiger partial charge in [0, 0.05) is 12.4 Å². The molecule has 4 aromatic rings. The highest BCUT2D eigenvalue weighted by molar-refractivity contribution is 7.51. The molecule has 40 heavy (non-hydrogen) atoms. The number of nitrogens with zero attached hydrogens (tertiary/aromatic N) is 2. The molecule has 0 aliphatic heterocycles. The van der Waals surface area contributed by atoms with Gasteiger partial charge in [-0.05, 0) is 53.8 Å². The van der Waals surface area contributed by atoms with E-state index in [1.807, 2.05) is 0 Å². The second kappa shape index (κ2) is 13.1. The van der Waals surface area contributed by atoms with Crippen molar-refractivity contribution >= 4 is 38.4 Å². The molecular weight excluding hydrogens is 528 g/mol. The molecule has 0 saturated heterocycles. The van der Waals surface area contributed by atoms with Crippen molar-refractivity contribution in [1.29, 1.82) is 0 Å². The molecule has 3 atom stereocenters. The Morgan fingerprint density at radius 2 is 1.70 bits per heavy atom. The Morgan fingerprint density at radius 3 is 2.30 bits per heavy atom. The summed E-state index contributed by atoms with van der Waals surface area (Å²) >= 11 is 0. The number of rotatable bonds is 10. The van der Waals surface area contributed by atoms with E-state index in [-0.39, 0.29) is 18.0 Å². The highest BCUT2D eigenvalue weighted by atomic mass is 31.1. The second-order valence-corrected chi connectivity index (χ2v) is 10.1. The summed E-state index contributed by atoms with van der Waals surface area (Å²) in [7, 11) is 3.76.